The fourth-order valence-electron chi connectivity index (χ4n) is 10.2. The first-order valence-corrected chi connectivity index (χ1v) is 21.4. The number of hydrogen-bond donors (Lipinski definition) is 0. The first-order valence-electron chi connectivity index (χ1n) is 21.4. The molecule has 1 aliphatic heterocycles. The van der Waals surface area contributed by atoms with Crippen molar-refractivity contribution >= 4 is 21.9 Å². The second-order valence-electron chi connectivity index (χ2n) is 16.4. The molecule has 0 fully saturated rings. The van der Waals surface area contributed by atoms with E-state index in [0.29, 0.717) is 5.82 Å². The second-order valence-corrected chi connectivity index (χ2v) is 16.4. The Bertz CT molecular complexity index is 3560. The van der Waals surface area contributed by atoms with E-state index in [1.807, 2.05) is 24.3 Å². The Morgan fingerprint density at radius 3 is 1.73 bits per heavy atom. The number of benzene rings is 9. The Hall–Kier alpha value is -8.34. The summed E-state index contributed by atoms with van der Waals surface area (Å²) in [5.74, 6) is 2.38. The number of ether oxygens (including phenoxy) is 1. The maximum absolute atomic E-state index is 7.01. The van der Waals surface area contributed by atoms with Crippen molar-refractivity contribution < 1.29 is 9.15 Å². The molecule has 4 heteroatoms. The van der Waals surface area contributed by atoms with Crippen LogP contribution in [0.3, 0.4) is 0 Å². The molecule has 0 bridgehead atoms. The van der Waals surface area contributed by atoms with Gasteiger partial charge in [0.2, 0.25) is 0 Å². The van der Waals surface area contributed by atoms with Gasteiger partial charge in [0.05, 0.1) is 16.8 Å². The molecule has 0 radical (unpaired) electrons. The predicted octanol–water partition coefficient (Wildman–Crippen LogP) is 15.2. The van der Waals surface area contributed by atoms with Crippen LogP contribution in [0.1, 0.15) is 22.3 Å². The van der Waals surface area contributed by atoms with Gasteiger partial charge in [-0.1, -0.05) is 182 Å². The number of fused-ring (bicyclic) bond motifs is 12. The van der Waals surface area contributed by atoms with Gasteiger partial charge in [-0.05, 0) is 75.3 Å². The van der Waals surface area contributed by atoms with E-state index < -0.39 is 5.41 Å². The number of furan rings is 1. The molecule has 13 rings (SSSR count). The van der Waals surface area contributed by atoms with Crippen molar-refractivity contribution in [1.82, 2.24) is 9.97 Å². The monoisotopic (exact) mass is 804 g/mol. The number of hydrogen-bond acceptors (Lipinski definition) is 4. The first kappa shape index (κ1) is 35.4. The fourth-order valence-corrected chi connectivity index (χ4v) is 10.2. The summed E-state index contributed by atoms with van der Waals surface area (Å²) in [5.41, 5.74) is 17.2. The minimum Gasteiger partial charge on any atom is -0.456 e. The van der Waals surface area contributed by atoms with Crippen LogP contribution in [0, 0.1) is 0 Å². The van der Waals surface area contributed by atoms with Crippen LogP contribution < -0.4 is 4.74 Å². The van der Waals surface area contributed by atoms with E-state index in [-0.39, 0.29) is 0 Å². The van der Waals surface area contributed by atoms with Gasteiger partial charge in [0, 0.05) is 44.2 Å². The molecule has 63 heavy (non-hydrogen) atoms. The quantitative estimate of drug-likeness (QED) is 0.174. The Morgan fingerprint density at radius 2 is 0.937 bits per heavy atom. The lowest BCUT2D eigenvalue weighted by Crippen LogP contribution is -2.32. The molecular formula is C59H36N2O2. The molecule has 294 valence electrons. The number of aromatic nitrogens is 2. The molecule has 0 atom stereocenters. The van der Waals surface area contributed by atoms with Crippen molar-refractivity contribution in [2.75, 3.05) is 0 Å². The molecule has 9 aromatic carbocycles. The Morgan fingerprint density at radius 1 is 0.349 bits per heavy atom. The zero-order valence-electron chi connectivity index (χ0n) is 34.0. The lowest BCUT2D eigenvalue weighted by atomic mass is 9.65. The Balaban J connectivity index is 0.972. The molecule has 0 saturated heterocycles. The Kier molecular flexibility index (Phi) is 7.79. The summed E-state index contributed by atoms with van der Waals surface area (Å²) in [5, 5.41) is 2.06. The normalized spacial score (nSPS) is 13.0. The largest absolute Gasteiger partial charge is 0.456 e. The molecule has 1 spiro atoms. The summed E-state index contributed by atoms with van der Waals surface area (Å²) in [6.45, 7) is 0. The van der Waals surface area contributed by atoms with Crippen molar-refractivity contribution in [3.8, 4) is 78.8 Å². The van der Waals surface area contributed by atoms with Gasteiger partial charge in [-0.3, -0.25) is 0 Å². The molecule has 2 aromatic heterocycles. The topological polar surface area (TPSA) is 48.2 Å². The summed E-state index contributed by atoms with van der Waals surface area (Å²) in [6, 6.07) is 77.0. The van der Waals surface area contributed by atoms with Crippen molar-refractivity contribution in [2.24, 2.45) is 0 Å². The minimum absolute atomic E-state index is 0.538. The first-order chi connectivity index (χ1) is 31.2. The van der Waals surface area contributed by atoms with Crippen LogP contribution in [-0.2, 0) is 5.41 Å². The highest BCUT2D eigenvalue weighted by molar-refractivity contribution is 6.10. The van der Waals surface area contributed by atoms with Crippen LogP contribution in [0.5, 0.6) is 11.5 Å². The summed E-state index contributed by atoms with van der Waals surface area (Å²) >= 11 is 0. The maximum Gasteiger partial charge on any atom is 0.160 e. The predicted molar refractivity (Wildman–Crippen MR) is 254 cm³/mol. The highest BCUT2D eigenvalue weighted by Crippen LogP contribution is 2.63. The van der Waals surface area contributed by atoms with Crippen LogP contribution in [0.15, 0.2) is 223 Å². The van der Waals surface area contributed by atoms with E-state index in [9.17, 15) is 0 Å². The van der Waals surface area contributed by atoms with E-state index in [4.69, 9.17) is 19.1 Å². The maximum atomic E-state index is 7.01. The molecule has 2 aliphatic rings. The van der Waals surface area contributed by atoms with E-state index in [0.717, 1.165) is 94.9 Å². The van der Waals surface area contributed by atoms with Crippen LogP contribution in [0.4, 0.5) is 0 Å². The molecule has 1 aliphatic carbocycles. The summed E-state index contributed by atoms with van der Waals surface area (Å²) in [7, 11) is 0. The van der Waals surface area contributed by atoms with E-state index in [1.54, 1.807) is 0 Å². The molecule has 0 unspecified atom stereocenters. The standard InChI is InChI=1S/C59H36N2O2/c1-3-16-37(17-4-1)39-20-13-21-41(34-39)52-36-53(61-58(60-52)38-18-5-2-6-19-38)47-26-14-25-46-45-33-32-40(35-55(45)63-56(46)47)42-24-15-30-51-57(42)62-54-31-12-11-29-50(54)59(51)48-27-9-7-22-43(48)44-23-8-10-28-49(44)59/h1-36H. The van der Waals surface area contributed by atoms with Gasteiger partial charge in [-0.2, -0.15) is 0 Å². The molecule has 3 heterocycles. The summed E-state index contributed by atoms with van der Waals surface area (Å²) in [6.07, 6.45) is 0. The average Bonchev–Trinajstić information content (AvgIpc) is 3.88. The van der Waals surface area contributed by atoms with Gasteiger partial charge in [0.15, 0.2) is 5.82 Å². The van der Waals surface area contributed by atoms with E-state index in [1.165, 1.54) is 22.3 Å². The van der Waals surface area contributed by atoms with Gasteiger partial charge in [0.25, 0.3) is 0 Å². The highest BCUT2D eigenvalue weighted by atomic mass is 16.5. The smallest absolute Gasteiger partial charge is 0.160 e. The van der Waals surface area contributed by atoms with Crippen LogP contribution in [0.2, 0.25) is 0 Å². The SMILES string of the molecule is c1ccc(-c2cccc(-c3cc(-c4cccc5c4oc4cc(-c6cccc7c6Oc6ccccc6C76c7ccccc7-c7ccccc76)ccc45)nc(-c4ccccc4)n3)c2)cc1. The van der Waals surface area contributed by atoms with E-state index in [2.05, 4.69) is 194 Å². The molecule has 4 nitrogen and oxygen atoms in total. The van der Waals surface area contributed by atoms with Gasteiger partial charge in [0.1, 0.15) is 22.7 Å². The van der Waals surface area contributed by atoms with Crippen LogP contribution >= 0.6 is 0 Å². The van der Waals surface area contributed by atoms with Gasteiger partial charge >= 0.3 is 0 Å². The molecule has 0 N–H and O–H groups in total. The van der Waals surface area contributed by atoms with Crippen molar-refractivity contribution in [3.05, 3.63) is 241 Å². The number of para-hydroxylation sites is 3. The molecule has 0 saturated carbocycles. The number of rotatable bonds is 5. The van der Waals surface area contributed by atoms with Gasteiger partial charge < -0.3 is 9.15 Å². The van der Waals surface area contributed by atoms with Gasteiger partial charge in [-0.15, -0.1) is 0 Å². The third kappa shape index (κ3) is 5.35. The second kappa shape index (κ2) is 13.8. The van der Waals surface area contributed by atoms with Crippen LogP contribution in [-0.4, -0.2) is 9.97 Å². The zero-order valence-corrected chi connectivity index (χ0v) is 34.0. The fraction of sp³-hybridized carbons (Fsp3) is 0.0169. The highest BCUT2D eigenvalue weighted by Gasteiger charge is 2.51. The molecular weight excluding hydrogens is 769 g/mol. The number of nitrogens with zero attached hydrogens (tertiary/aromatic N) is 2. The molecule has 0 amide bonds. The van der Waals surface area contributed by atoms with Crippen molar-refractivity contribution in [1.29, 1.82) is 0 Å². The minimum atomic E-state index is -0.538. The lowest BCUT2D eigenvalue weighted by Gasteiger charge is -2.40. The third-order valence-corrected chi connectivity index (χ3v) is 13.0. The Labute approximate surface area is 364 Å². The summed E-state index contributed by atoms with van der Waals surface area (Å²) in [4.78, 5) is 10.4. The zero-order chi connectivity index (χ0) is 41.5. The molecule has 11 aromatic rings. The van der Waals surface area contributed by atoms with Crippen LogP contribution in [0.25, 0.3) is 89.2 Å². The summed E-state index contributed by atoms with van der Waals surface area (Å²) < 4.78 is 14.0. The van der Waals surface area contributed by atoms with Gasteiger partial charge in [-0.25, -0.2) is 9.97 Å². The third-order valence-electron chi connectivity index (χ3n) is 13.0. The van der Waals surface area contributed by atoms with Crippen molar-refractivity contribution in [3.63, 3.8) is 0 Å². The van der Waals surface area contributed by atoms with Crippen molar-refractivity contribution in [2.45, 2.75) is 5.41 Å². The average molecular weight is 805 g/mol. The van der Waals surface area contributed by atoms with E-state index >= 15 is 0 Å². The lowest BCUT2D eigenvalue weighted by molar-refractivity contribution is 0.438.